The molecular weight excluding hydrogens is 242 g/mol. The summed E-state index contributed by atoms with van der Waals surface area (Å²) in [5.41, 5.74) is 1.49. The first kappa shape index (κ1) is 15.5. The van der Waals surface area contributed by atoms with Crippen molar-refractivity contribution >= 4 is 11.8 Å². The Kier molecular flexibility index (Phi) is 6.19. The number of rotatable bonds is 6. The maximum absolute atomic E-state index is 5.17. The molecule has 0 heterocycles. The fraction of sp³-hybridized carbons (Fsp3) is 0.600. The van der Waals surface area contributed by atoms with Crippen LogP contribution in [-0.4, -0.2) is 24.5 Å². The van der Waals surface area contributed by atoms with Gasteiger partial charge in [0.05, 0.1) is 6.61 Å². The lowest BCUT2D eigenvalue weighted by molar-refractivity contribution is 0.203. The number of thioether (sulfide) groups is 1. The summed E-state index contributed by atoms with van der Waals surface area (Å²) >= 11 is 1.86. The third-order valence-electron chi connectivity index (χ3n) is 2.46. The summed E-state index contributed by atoms with van der Waals surface area (Å²) in [7, 11) is 1.75. The van der Waals surface area contributed by atoms with Crippen LogP contribution in [0.1, 0.15) is 33.3 Å². The second-order valence-electron chi connectivity index (χ2n) is 5.63. The van der Waals surface area contributed by atoms with Gasteiger partial charge in [-0.3, -0.25) is 0 Å². The highest BCUT2D eigenvalue weighted by atomic mass is 32.2. The van der Waals surface area contributed by atoms with E-state index in [0.29, 0.717) is 5.25 Å². The summed E-state index contributed by atoms with van der Waals surface area (Å²) in [4.78, 5) is 1.31. The van der Waals surface area contributed by atoms with Crippen LogP contribution in [0.3, 0.4) is 0 Å². The van der Waals surface area contributed by atoms with Gasteiger partial charge >= 0.3 is 0 Å². The van der Waals surface area contributed by atoms with E-state index in [2.05, 4.69) is 57.3 Å². The number of ether oxygens (including phenoxy) is 1. The van der Waals surface area contributed by atoms with Gasteiger partial charge in [-0.2, -0.15) is 0 Å². The van der Waals surface area contributed by atoms with Crippen molar-refractivity contribution < 1.29 is 4.74 Å². The van der Waals surface area contributed by atoms with Crippen LogP contribution in [0.5, 0.6) is 0 Å². The van der Waals surface area contributed by atoms with E-state index in [1.807, 2.05) is 11.8 Å². The normalized spacial score (nSPS) is 13.6. The average molecular weight is 267 g/mol. The van der Waals surface area contributed by atoms with Crippen LogP contribution in [0.2, 0.25) is 0 Å². The van der Waals surface area contributed by atoms with E-state index in [4.69, 9.17) is 4.74 Å². The molecule has 0 radical (unpaired) electrons. The van der Waals surface area contributed by atoms with Crippen LogP contribution >= 0.6 is 11.8 Å². The first-order chi connectivity index (χ1) is 8.40. The van der Waals surface area contributed by atoms with Crippen molar-refractivity contribution in [2.45, 2.75) is 49.9 Å². The fourth-order valence-corrected chi connectivity index (χ4v) is 2.64. The highest BCUT2D eigenvalue weighted by molar-refractivity contribution is 8.00. The number of methoxy groups -OCH3 is 1. The molecule has 3 heteroatoms. The van der Waals surface area contributed by atoms with Gasteiger partial charge in [-0.25, -0.2) is 0 Å². The summed E-state index contributed by atoms with van der Waals surface area (Å²) in [6, 6.07) is 8.72. The maximum Gasteiger partial charge on any atom is 0.0582 e. The van der Waals surface area contributed by atoms with Crippen molar-refractivity contribution in [1.29, 1.82) is 0 Å². The molecule has 102 valence electrons. The minimum atomic E-state index is 0.159. The first-order valence-corrected chi connectivity index (χ1v) is 7.28. The summed E-state index contributed by atoms with van der Waals surface area (Å²) in [5.74, 6) is 0. The summed E-state index contributed by atoms with van der Waals surface area (Å²) in [6.07, 6.45) is 0. The van der Waals surface area contributed by atoms with Gasteiger partial charge in [0.25, 0.3) is 0 Å². The Morgan fingerprint density at radius 3 is 2.67 bits per heavy atom. The molecule has 2 nitrogen and oxygen atoms in total. The van der Waals surface area contributed by atoms with E-state index in [1.54, 1.807) is 7.11 Å². The monoisotopic (exact) mass is 267 g/mol. The van der Waals surface area contributed by atoms with Crippen molar-refractivity contribution in [2.24, 2.45) is 0 Å². The molecule has 0 saturated carbocycles. The molecule has 0 bridgehead atoms. The van der Waals surface area contributed by atoms with Crippen LogP contribution in [0.15, 0.2) is 29.2 Å². The standard InChI is InChI=1S/C15H25NOS/c1-12(11-17-5)18-14-8-6-7-13(9-14)10-16-15(2,3)4/h6-9,12,16H,10-11H2,1-5H3. The van der Waals surface area contributed by atoms with E-state index in [9.17, 15) is 0 Å². The zero-order chi connectivity index (χ0) is 13.6. The van der Waals surface area contributed by atoms with E-state index >= 15 is 0 Å². The Balaban J connectivity index is 2.56. The van der Waals surface area contributed by atoms with Crippen LogP contribution < -0.4 is 5.32 Å². The third-order valence-corrected chi connectivity index (χ3v) is 3.52. The quantitative estimate of drug-likeness (QED) is 0.794. The van der Waals surface area contributed by atoms with Gasteiger partial charge in [0.1, 0.15) is 0 Å². The van der Waals surface area contributed by atoms with Gasteiger partial charge in [-0.15, -0.1) is 11.8 Å². The van der Waals surface area contributed by atoms with Gasteiger partial charge in [0, 0.05) is 29.3 Å². The maximum atomic E-state index is 5.17. The zero-order valence-corrected chi connectivity index (χ0v) is 12.9. The highest BCUT2D eigenvalue weighted by Gasteiger charge is 2.09. The molecule has 0 spiro atoms. The van der Waals surface area contributed by atoms with Crippen LogP contribution in [-0.2, 0) is 11.3 Å². The molecule has 0 amide bonds. The van der Waals surface area contributed by atoms with Gasteiger partial charge in [-0.1, -0.05) is 19.1 Å². The summed E-state index contributed by atoms with van der Waals surface area (Å²) < 4.78 is 5.17. The van der Waals surface area contributed by atoms with Crippen LogP contribution in [0.4, 0.5) is 0 Å². The summed E-state index contributed by atoms with van der Waals surface area (Å²) in [5, 5.41) is 4.00. The largest absolute Gasteiger partial charge is 0.384 e. The molecule has 1 N–H and O–H groups in total. The Morgan fingerprint density at radius 2 is 2.06 bits per heavy atom. The molecule has 0 aliphatic rings. The van der Waals surface area contributed by atoms with Crippen LogP contribution in [0, 0.1) is 0 Å². The van der Waals surface area contributed by atoms with Crippen molar-refractivity contribution in [3.05, 3.63) is 29.8 Å². The molecule has 18 heavy (non-hydrogen) atoms. The molecule has 1 aromatic carbocycles. The number of hydrogen-bond donors (Lipinski definition) is 1. The van der Waals surface area contributed by atoms with Crippen molar-refractivity contribution in [2.75, 3.05) is 13.7 Å². The Hall–Kier alpha value is -0.510. The topological polar surface area (TPSA) is 21.3 Å². The molecule has 1 aromatic rings. The Morgan fingerprint density at radius 1 is 1.33 bits per heavy atom. The van der Waals surface area contributed by atoms with E-state index in [1.165, 1.54) is 10.5 Å². The SMILES string of the molecule is COCC(C)Sc1cccc(CNC(C)(C)C)c1. The Bertz CT molecular complexity index is 360. The summed E-state index contributed by atoms with van der Waals surface area (Å²) in [6.45, 7) is 10.4. The van der Waals surface area contributed by atoms with E-state index in [0.717, 1.165) is 13.2 Å². The average Bonchev–Trinajstić information content (AvgIpc) is 2.26. The number of nitrogens with one attached hydrogen (secondary N) is 1. The van der Waals surface area contributed by atoms with E-state index < -0.39 is 0 Å². The number of benzene rings is 1. The predicted octanol–water partition coefficient (Wildman–Crippen LogP) is 3.70. The van der Waals surface area contributed by atoms with Crippen molar-refractivity contribution in [3.8, 4) is 0 Å². The minimum Gasteiger partial charge on any atom is -0.384 e. The predicted molar refractivity (Wildman–Crippen MR) is 80.2 cm³/mol. The second-order valence-corrected chi connectivity index (χ2v) is 7.15. The molecule has 1 atom stereocenters. The zero-order valence-electron chi connectivity index (χ0n) is 12.1. The number of hydrogen-bond acceptors (Lipinski definition) is 3. The lowest BCUT2D eigenvalue weighted by Gasteiger charge is -2.20. The molecule has 0 aliphatic heterocycles. The smallest absolute Gasteiger partial charge is 0.0582 e. The van der Waals surface area contributed by atoms with Gasteiger partial charge < -0.3 is 10.1 Å². The molecule has 0 aromatic heterocycles. The van der Waals surface area contributed by atoms with Crippen molar-refractivity contribution in [1.82, 2.24) is 5.32 Å². The third kappa shape index (κ3) is 6.43. The van der Waals surface area contributed by atoms with E-state index in [-0.39, 0.29) is 5.54 Å². The lowest BCUT2D eigenvalue weighted by atomic mass is 10.1. The molecule has 1 rings (SSSR count). The van der Waals surface area contributed by atoms with Crippen molar-refractivity contribution in [3.63, 3.8) is 0 Å². The fourth-order valence-electron chi connectivity index (χ4n) is 1.60. The lowest BCUT2D eigenvalue weighted by Crippen LogP contribution is -2.35. The molecule has 0 fully saturated rings. The minimum absolute atomic E-state index is 0.159. The van der Waals surface area contributed by atoms with Gasteiger partial charge in [0.15, 0.2) is 0 Å². The van der Waals surface area contributed by atoms with Gasteiger partial charge in [0.2, 0.25) is 0 Å². The highest BCUT2D eigenvalue weighted by Crippen LogP contribution is 2.24. The Labute approximate surface area is 116 Å². The van der Waals surface area contributed by atoms with Gasteiger partial charge in [-0.05, 0) is 38.5 Å². The second kappa shape index (κ2) is 7.17. The molecule has 0 saturated heterocycles. The van der Waals surface area contributed by atoms with Crippen LogP contribution in [0.25, 0.3) is 0 Å². The first-order valence-electron chi connectivity index (χ1n) is 6.40. The molecular formula is C15H25NOS. The molecule has 0 aliphatic carbocycles. The molecule has 1 unspecified atom stereocenters.